The number of hydrogen-bond acceptors (Lipinski definition) is 2. The Kier molecular flexibility index (Phi) is 3.33. The zero-order valence-electron chi connectivity index (χ0n) is 9.63. The molecule has 0 bridgehead atoms. The Labute approximate surface area is 115 Å². The third-order valence-corrected chi connectivity index (χ3v) is 4.52. The van der Waals surface area contributed by atoms with Gasteiger partial charge in [0.2, 0.25) is 0 Å². The fourth-order valence-electron chi connectivity index (χ4n) is 2.55. The van der Waals surface area contributed by atoms with Crippen molar-refractivity contribution in [3.05, 3.63) is 27.7 Å². The van der Waals surface area contributed by atoms with Crippen LogP contribution < -0.4 is 10.2 Å². The topological polar surface area (TPSA) is 15.3 Å². The molecular weight excluding hydrogens is 300 g/mol. The lowest BCUT2D eigenvalue weighted by molar-refractivity contribution is 0.418. The van der Waals surface area contributed by atoms with E-state index < -0.39 is 0 Å². The summed E-state index contributed by atoms with van der Waals surface area (Å²) in [7, 11) is 0. The lowest BCUT2D eigenvalue weighted by Crippen LogP contribution is -2.51. The molecule has 92 valence electrons. The van der Waals surface area contributed by atoms with Gasteiger partial charge in [-0.15, -0.1) is 0 Å². The van der Waals surface area contributed by atoms with Crippen LogP contribution in [0, 0.1) is 5.92 Å². The highest BCUT2D eigenvalue weighted by molar-refractivity contribution is 9.10. The van der Waals surface area contributed by atoms with Gasteiger partial charge in [0, 0.05) is 35.2 Å². The van der Waals surface area contributed by atoms with E-state index in [0.29, 0.717) is 6.04 Å². The number of rotatable bonds is 2. The van der Waals surface area contributed by atoms with Crippen molar-refractivity contribution in [1.82, 2.24) is 5.32 Å². The fourth-order valence-corrected chi connectivity index (χ4v) is 3.48. The van der Waals surface area contributed by atoms with Gasteiger partial charge >= 0.3 is 0 Å². The summed E-state index contributed by atoms with van der Waals surface area (Å²) in [6.07, 6.45) is 2.79. The molecule has 0 radical (unpaired) electrons. The lowest BCUT2D eigenvalue weighted by Gasteiger charge is -2.36. The van der Waals surface area contributed by atoms with Gasteiger partial charge < -0.3 is 10.2 Å². The van der Waals surface area contributed by atoms with Crippen molar-refractivity contribution >= 4 is 33.2 Å². The van der Waals surface area contributed by atoms with Crippen LogP contribution in [0.5, 0.6) is 0 Å². The predicted molar refractivity (Wildman–Crippen MR) is 75.9 cm³/mol. The molecule has 1 heterocycles. The van der Waals surface area contributed by atoms with Crippen LogP contribution >= 0.6 is 27.5 Å². The van der Waals surface area contributed by atoms with Gasteiger partial charge in [-0.05, 0) is 52.9 Å². The Morgan fingerprint density at radius 2 is 2.18 bits per heavy atom. The van der Waals surface area contributed by atoms with Crippen LogP contribution in [0.25, 0.3) is 0 Å². The van der Waals surface area contributed by atoms with Gasteiger partial charge in [0.1, 0.15) is 0 Å². The summed E-state index contributed by atoms with van der Waals surface area (Å²) in [4.78, 5) is 2.46. The minimum absolute atomic E-state index is 0.673. The Hall–Kier alpha value is -0.250. The highest BCUT2D eigenvalue weighted by Crippen LogP contribution is 2.36. The van der Waals surface area contributed by atoms with Crippen LogP contribution in [0.3, 0.4) is 0 Å². The number of piperazine rings is 1. The predicted octanol–water partition coefficient (Wildman–Crippen LogP) is 3.29. The maximum Gasteiger partial charge on any atom is 0.0512 e. The molecule has 0 aromatic heterocycles. The summed E-state index contributed by atoms with van der Waals surface area (Å²) in [5.41, 5.74) is 1.27. The first kappa shape index (κ1) is 11.8. The van der Waals surface area contributed by atoms with Gasteiger partial charge in [-0.3, -0.25) is 0 Å². The summed E-state index contributed by atoms with van der Waals surface area (Å²) in [5.74, 6) is 0.906. The molecule has 0 spiro atoms. The number of anilines is 1. The molecule has 3 rings (SSSR count). The minimum atomic E-state index is 0.673. The first-order chi connectivity index (χ1) is 8.24. The molecule has 2 fully saturated rings. The normalized spacial score (nSPS) is 25.1. The molecule has 1 aromatic rings. The van der Waals surface area contributed by atoms with Crippen molar-refractivity contribution < 1.29 is 0 Å². The molecule has 2 aliphatic rings. The number of nitrogens with zero attached hydrogens (tertiary/aromatic N) is 1. The van der Waals surface area contributed by atoms with Gasteiger partial charge in [0.15, 0.2) is 0 Å². The van der Waals surface area contributed by atoms with Crippen molar-refractivity contribution in [2.45, 2.75) is 18.9 Å². The van der Waals surface area contributed by atoms with Gasteiger partial charge in [-0.25, -0.2) is 0 Å². The number of halogens is 2. The van der Waals surface area contributed by atoms with Crippen LogP contribution in [0.15, 0.2) is 22.7 Å². The fraction of sp³-hybridized carbons (Fsp3) is 0.538. The standard InChI is InChI=1S/C13H16BrClN2/c14-11-7-10(15)3-4-13(11)17-6-5-16-12(8-17)9-1-2-9/h3-4,7,9,12,16H,1-2,5-6,8H2. The Morgan fingerprint density at radius 1 is 1.35 bits per heavy atom. The van der Waals surface area contributed by atoms with E-state index in [1.165, 1.54) is 18.5 Å². The van der Waals surface area contributed by atoms with Crippen molar-refractivity contribution in [1.29, 1.82) is 0 Å². The van der Waals surface area contributed by atoms with Crippen LogP contribution in [-0.2, 0) is 0 Å². The van der Waals surface area contributed by atoms with Gasteiger partial charge in [0.05, 0.1) is 5.69 Å². The second-order valence-corrected chi connectivity index (χ2v) is 6.23. The highest BCUT2D eigenvalue weighted by Gasteiger charge is 2.34. The van der Waals surface area contributed by atoms with Gasteiger partial charge in [0.25, 0.3) is 0 Å². The molecule has 1 aliphatic heterocycles. The maximum absolute atomic E-state index is 5.98. The number of hydrogen-bond donors (Lipinski definition) is 1. The second kappa shape index (κ2) is 4.79. The summed E-state index contributed by atoms with van der Waals surface area (Å²) >= 11 is 9.59. The van der Waals surface area contributed by atoms with E-state index in [1.807, 2.05) is 12.1 Å². The van der Waals surface area contributed by atoms with Crippen LogP contribution in [0.1, 0.15) is 12.8 Å². The molecule has 1 aromatic carbocycles. The highest BCUT2D eigenvalue weighted by atomic mass is 79.9. The molecule has 4 heteroatoms. The van der Waals surface area contributed by atoms with Gasteiger partial charge in [-0.1, -0.05) is 11.6 Å². The van der Waals surface area contributed by atoms with E-state index in [2.05, 4.69) is 32.2 Å². The van der Waals surface area contributed by atoms with E-state index in [0.717, 1.165) is 35.0 Å². The summed E-state index contributed by atoms with van der Waals surface area (Å²) in [6.45, 7) is 3.27. The monoisotopic (exact) mass is 314 g/mol. The van der Waals surface area contributed by atoms with Crippen molar-refractivity contribution in [2.75, 3.05) is 24.5 Å². The van der Waals surface area contributed by atoms with Crippen molar-refractivity contribution in [3.8, 4) is 0 Å². The zero-order valence-corrected chi connectivity index (χ0v) is 12.0. The first-order valence-corrected chi connectivity index (χ1v) is 7.34. The Bertz CT molecular complexity index is 420. The molecule has 1 unspecified atom stereocenters. The van der Waals surface area contributed by atoms with Crippen LogP contribution in [-0.4, -0.2) is 25.7 Å². The average molecular weight is 316 g/mol. The smallest absolute Gasteiger partial charge is 0.0512 e. The van der Waals surface area contributed by atoms with Gasteiger partial charge in [-0.2, -0.15) is 0 Å². The number of benzene rings is 1. The summed E-state index contributed by atoms with van der Waals surface area (Å²) < 4.78 is 1.10. The maximum atomic E-state index is 5.98. The average Bonchev–Trinajstić information content (AvgIpc) is 3.13. The first-order valence-electron chi connectivity index (χ1n) is 6.17. The van der Waals surface area contributed by atoms with E-state index in [1.54, 1.807) is 0 Å². The van der Waals surface area contributed by atoms with E-state index >= 15 is 0 Å². The SMILES string of the molecule is Clc1ccc(N2CCNC(C3CC3)C2)c(Br)c1. The van der Waals surface area contributed by atoms with E-state index in [-0.39, 0.29) is 0 Å². The summed E-state index contributed by atoms with van der Waals surface area (Å²) in [5, 5.41) is 4.42. The largest absolute Gasteiger partial charge is 0.368 e. The molecule has 1 aliphatic carbocycles. The van der Waals surface area contributed by atoms with E-state index in [9.17, 15) is 0 Å². The third kappa shape index (κ3) is 2.61. The molecule has 1 saturated carbocycles. The molecule has 17 heavy (non-hydrogen) atoms. The van der Waals surface area contributed by atoms with E-state index in [4.69, 9.17) is 11.6 Å². The molecule has 1 N–H and O–H groups in total. The third-order valence-electron chi connectivity index (χ3n) is 3.65. The van der Waals surface area contributed by atoms with Crippen molar-refractivity contribution in [2.24, 2.45) is 5.92 Å². The minimum Gasteiger partial charge on any atom is -0.368 e. The van der Waals surface area contributed by atoms with Crippen molar-refractivity contribution in [3.63, 3.8) is 0 Å². The molecule has 1 atom stereocenters. The quantitative estimate of drug-likeness (QED) is 0.901. The zero-order chi connectivity index (χ0) is 11.8. The van der Waals surface area contributed by atoms with Crippen LogP contribution in [0.2, 0.25) is 5.02 Å². The molecular formula is C13H16BrClN2. The lowest BCUT2D eigenvalue weighted by atomic mass is 10.1. The molecule has 0 amide bonds. The molecule has 1 saturated heterocycles. The molecule has 2 nitrogen and oxygen atoms in total. The van der Waals surface area contributed by atoms with Crippen LogP contribution in [0.4, 0.5) is 5.69 Å². The Morgan fingerprint density at radius 3 is 2.88 bits per heavy atom. The second-order valence-electron chi connectivity index (χ2n) is 4.94. The summed E-state index contributed by atoms with van der Waals surface area (Å²) in [6, 6.07) is 6.73. The number of nitrogens with one attached hydrogen (secondary N) is 1. The Balaban J connectivity index is 1.77.